The monoisotopic (exact) mass is 347 g/mol. The fraction of sp³-hybridized carbons (Fsp3) is 0.632. The van der Waals surface area contributed by atoms with Crippen LogP contribution in [0, 0.1) is 5.92 Å². The number of piperidine rings is 1. The first-order valence-electron chi connectivity index (χ1n) is 9.19. The standard InChI is InChI=1S/C19H29N3O3/c20-19(6-10-25-11-7-19)18(24)21-17-3-1-2-16(12-17)13-22-8-4-15(14-23)5-9-22/h1-3,12,15,23H,4-11,13-14,20H2,(H,21,24). The lowest BCUT2D eigenvalue weighted by molar-refractivity contribution is -0.124. The van der Waals surface area contributed by atoms with E-state index < -0.39 is 5.54 Å². The van der Waals surface area contributed by atoms with Crippen molar-refractivity contribution in [2.45, 2.75) is 37.8 Å². The summed E-state index contributed by atoms with van der Waals surface area (Å²) in [7, 11) is 0. The smallest absolute Gasteiger partial charge is 0.244 e. The molecule has 25 heavy (non-hydrogen) atoms. The number of hydrogen-bond acceptors (Lipinski definition) is 5. The van der Waals surface area contributed by atoms with Crippen LogP contribution in [0.15, 0.2) is 24.3 Å². The van der Waals surface area contributed by atoms with Crippen LogP contribution in [0.3, 0.4) is 0 Å². The topological polar surface area (TPSA) is 87.8 Å². The molecule has 2 aliphatic rings. The maximum absolute atomic E-state index is 12.5. The van der Waals surface area contributed by atoms with Gasteiger partial charge in [-0.1, -0.05) is 12.1 Å². The molecule has 0 saturated carbocycles. The first kappa shape index (κ1) is 18.3. The molecule has 2 saturated heterocycles. The van der Waals surface area contributed by atoms with Gasteiger partial charge in [0, 0.05) is 32.1 Å². The fourth-order valence-electron chi connectivity index (χ4n) is 3.55. The zero-order chi connectivity index (χ0) is 17.7. The van der Waals surface area contributed by atoms with Gasteiger partial charge in [-0.15, -0.1) is 0 Å². The maximum Gasteiger partial charge on any atom is 0.244 e. The second-order valence-corrected chi connectivity index (χ2v) is 7.33. The van der Waals surface area contributed by atoms with E-state index in [1.807, 2.05) is 18.2 Å². The Hall–Kier alpha value is -1.47. The number of nitrogens with zero attached hydrogens (tertiary/aromatic N) is 1. The van der Waals surface area contributed by atoms with Gasteiger partial charge in [-0.2, -0.15) is 0 Å². The van der Waals surface area contributed by atoms with E-state index in [0.29, 0.717) is 38.6 Å². The Bertz CT molecular complexity index is 579. The van der Waals surface area contributed by atoms with Crippen molar-refractivity contribution in [2.24, 2.45) is 11.7 Å². The van der Waals surface area contributed by atoms with Crippen LogP contribution in [0.25, 0.3) is 0 Å². The summed E-state index contributed by atoms with van der Waals surface area (Å²) in [6.07, 6.45) is 3.20. The van der Waals surface area contributed by atoms with E-state index in [2.05, 4.69) is 16.3 Å². The van der Waals surface area contributed by atoms with Crippen molar-refractivity contribution in [3.8, 4) is 0 Å². The number of rotatable bonds is 5. The molecule has 0 atom stereocenters. The largest absolute Gasteiger partial charge is 0.396 e. The van der Waals surface area contributed by atoms with E-state index >= 15 is 0 Å². The highest BCUT2D eigenvalue weighted by Crippen LogP contribution is 2.22. The molecule has 3 rings (SSSR count). The highest BCUT2D eigenvalue weighted by molar-refractivity contribution is 5.98. The zero-order valence-corrected chi connectivity index (χ0v) is 14.7. The summed E-state index contributed by atoms with van der Waals surface area (Å²) in [6.45, 7) is 4.24. The lowest BCUT2D eigenvalue weighted by Crippen LogP contribution is -2.54. The summed E-state index contributed by atoms with van der Waals surface area (Å²) < 4.78 is 5.30. The number of aliphatic hydroxyl groups excluding tert-OH is 1. The number of aliphatic hydroxyl groups is 1. The molecule has 1 amide bonds. The molecule has 2 fully saturated rings. The molecule has 0 radical (unpaired) electrons. The quantitative estimate of drug-likeness (QED) is 0.748. The average Bonchev–Trinajstić information content (AvgIpc) is 2.63. The van der Waals surface area contributed by atoms with Gasteiger partial charge in [0.1, 0.15) is 5.54 Å². The van der Waals surface area contributed by atoms with Crippen LogP contribution in [0.5, 0.6) is 0 Å². The average molecular weight is 347 g/mol. The van der Waals surface area contributed by atoms with E-state index in [9.17, 15) is 9.90 Å². The van der Waals surface area contributed by atoms with Crippen molar-refractivity contribution in [2.75, 3.05) is 38.2 Å². The van der Waals surface area contributed by atoms with Gasteiger partial charge in [-0.25, -0.2) is 0 Å². The first-order chi connectivity index (χ1) is 12.1. The molecule has 2 aliphatic heterocycles. The Morgan fingerprint density at radius 1 is 1.32 bits per heavy atom. The summed E-state index contributed by atoms with van der Waals surface area (Å²) in [4.78, 5) is 14.9. The number of benzene rings is 1. The fourth-order valence-corrected chi connectivity index (χ4v) is 3.55. The van der Waals surface area contributed by atoms with Gasteiger partial charge in [-0.05, 0) is 62.4 Å². The lowest BCUT2D eigenvalue weighted by atomic mass is 9.90. The molecule has 0 aromatic heterocycles. The van der Waals surface area contributed by atoms with Gasteiger partial charge < -0.3 is 20.9 Å². The minimum Gasteiger partial charge on any atom is -0.396 e. The molecule has 1 aromatic carbocycles. The minimum atomic E-state index is -0.833. The van der Waals surface area contributed by atoms with Crippen LogP contribution >= 0.6 is 0 Å². The van der Waals surface area contributed by atoms with Crippen molar-refractivity contribution in [1.82, 2.24) is 4.90 Å². The predicted molar refractivity (Wildman–Crippen MR) is 97.1 cm³/mol. The summed E-state index contributed by atoms with van der Waals surface area (Å²) >= 11 is 0. The number of anilines is 1. The Morgan fingerprint density at radius 2 is 2.04 bits per heavy atom. The molecule has 2 heterocycles. The van der Waals surface area contributed by atoms with Crippen LogP contribution < -0.4 is 11.1 Å². The molecule has 0 unspecified atom stereocenters. The molecule has 4 N–H and O–H groups in total. The van der Waals surface area contributed by atoms with Gasteiger partial charge in [0.25, 0.3) is 0 Å². The summed E-state index contributed by atoms with van der Waals surface area (Å²) in [5.41, 5.74) is 7.38. The van der Waals surface area contributed by atoms with Crippen molar-refractivity contribution < 1.29 is 14.6 Å². The second kappa shape index (κ2) is 8.27. The number of likely N-dealkylation sites (tertiary alicyclic amines) is 1. The Morgan fingerprint density at radius 3 is 2.72 bits per heavy atom. The van der Waals surface area contributed by atoms with E-state index in [-0.39, 0.29) is 5.91 Å². The van der Waals surface area contributed by atoms with E-state index in [1.165, 1.54) is 5.56 Å². The SMILES string of the molecule is NC1(C(=O)Nc2cccc(CN3CCC(CO)CC3)c2)CCOCC1. The van der Waals surface area contributed by atoms with Gasteiger partial charge in [0.2, 0.25) is 5.91 Å². The van der Waals surface area contributed by atoms with Gasteiger partial charge in [0.05, 0.1) is 0 Å². The number of nitrogens with one attached hydrogen (secondary N) is 1. The zero-order valence-electron chi connectivity index (χ0n) is 14.7. The Kier molecular flexibility index (Phi) is 6.06. The third kappa shape index (κ3) is 4.79. The van der Waals surface area contributed by atoms with Gasteiger partial charge >= 0.3 is 0 Å². The number of amides is 1. The second-order valence-electron chi connectivity index (χ2n) is 7.33. The first-order valence-corrected chi connectivity index (χ1v) is 9.19. The highest BCUT2D eigenvalue weighted by Gasteiger charge is 2.35. The van der Waals surface area contributed by atoms with Crippen molar-refractivity contribution >= 4 is 11.6 Å². The van der Waals surface area contributed by atoms with Crippen LogP contribution in [0.1, 0.15) is 31.2 Å². The maximum atomic E-state index is 12.5. The van der Waals surface area contributed by atoms with Crippen molar-refractivity contribution in [3.05, 3.63) is 29.8 Å². The van der Waals surface area contributed by atoms with Crippen LogP contribution in [0.4, 0.5) is 5.69 Å². The summed E-state index contributed by atoms with van der Waals surface area (Å²) in [6, 6.07) is 7.99. The molecular formula is C19H29N3O3. The Labute approximate surface area is 149 Å². The normalized spacial score (nSPS) is 21.8. The van der Waals surface area contributed by atoms with E-state index in [4.69, 9.17) is 10.5 Å². The molecule has 0 spiro atoms. The lowest BCUT2D eigenvalue weighted by Gasteiger charge is -2.32. The van der Waals surface area contributed by atoms with Crippen LogP contribution in [-0.2, 0) is 16.1 Å². The van der Waals surface area contributed by atoms with Gasteiger partial charge in [-0.3, -0.25) is 9.69 Å². The molecule has 0 aliphatic carbocycles. The molecule has 138 valence electrons. The van der Waals surface area contributed by atoms with Crippen LogP contribution in [-0.4, -0.2) is 54.4 Å². The molecular weight excluding hydrogens is 318 g/mol. The van der Waals surface area contributed by atoms with E-state index in [1.54, 1.807) is 0 Å². The van der Waals surface area contributed by atoms with Crippen molar-refractivity contribution in [1.29, 1.82) is 0 Å². The summed E-state index contributed by atoms with van der Waals surface area (Å²) in [5.74, 6) is 0.318. The van der Waals surface area contributed by atoms with Gasteiger partial charge in [0.15, 0.2) is 0 Å². The number of carbonyl (C=O) groups excluding carboxylic acids is 1. The number of nitrogens with two attached hydrogens (primary N) is 1. The van der Waals surface area contributed by atoms with Crippen molar-refractivity contribution in [3.63, 3.8) is 0 Å². The van der Waals surface area contributed by atoms with Crippen LogP contribution in [0.2, 0.25) is 0 Å². The van der Waals surface area contributed by atoms with E-state index in [0.717, 1.165) is 38.2 Å². The molecule has 0 bridgehead atoms. The Balaban J connectivity index is 1.57. The third-order valence-electron chi connectivity index (χ3n) is 5.39. The number of ether oxygens (including phenoxy) is 1. The molecule has 6 nitrogen and oxygen atoms in total. The molecule has 1 aromatic rings. The third-order valence-corrected chi connectivity index (χ3v) is 5.39. The predicted octanol–water partition coefficient (Wildman–Crippen LogP) is 1.34. The number of carbonyl (C=O) groups is 1. The summed E-state index contributed by atoms with van der Waals surface area (Å²) in [5, 5.41) is 12.2. The number of hydrogen-bond donors (Lipinski definition) is 3. The minimum absolute atomic E-state index is 0.128. The highest BCUT2D eigenvalue weighted by atomic mass is 16.5. The molecule has 6 heteroatoms.